The number of carbonyl (C=O) groups is 1. The number of aryl methyl sites for hydroxylation is 3. The molecule has 0 aliphatic carbocycles. The average Bonchev–Trinajstić information content (AvgIpc) is 2.81. The van der Waals surface area contributed by atoms with E-state index >= 15 is 0 Å². The molecule has 18 heavy (non-hydrogen) atoms. The Morgan fingerprint density at radius 3 is 2.61 bits per heavy atom. The number of carbonyl (C=O) groups excluding carboxylic acids is 1. The molecular formula is C15H15ClOS. The van der Waals surface area contributed by atoms with Gasteiger partial charge in [0.15, 0.2) is 0 Å². The van der Waals surface area contributed by atoms with E-state index in [4.69, 9.17) is 11.6 Å². The Kier molecular flexibility index (Phi) is 3.88. The van der Waals surface area contributed by atoms with Crippen LogP contribution in [0.5, 0.6) is 0 Å². The largest absolute Gasteiger partial charge is 0.288 e. The van der Waals surface area contributed by atoms with Gasteiger partial charge in [0.25, 0.3) is 0 Å². The number of hydrogen-bond donors (Lipinski definition) is 0. The molecule has 0 aliphatic rings. The molecule has 2 aromatic rings. The van der Waals surface area contributed by atoms with Gasteiger partial charge in [0.05, 0.1) is 9.90 Å². The first-order chi connectivity index (χ1) is 8.54. The lowest BCUT2D eigenvalue weighted by atomic mass is 10.0. The van der Waals surface area contributed by atoms with Crippen LogP contribution in [-0.4, -0.2) is 5.78 Å². The van der Waals surface area contributed by atoms with Crippen LogP contribution in [-0.2, 0) is 6.42 Å². The summed E-state index contributed by atoms with van der Waals surface area (Å²) < 4.78 is 0. The first-order valence-electron chi connectivity index (χ1n) is 5.92. The molecule has 2 rings (SSSR count). The Morgan fingerprint density at radius 1 is 1.28 bits per heavy atom. The molecule has 0 unspecified atom stereocenters. The number of hydrogen-bond acceptors (Lipinski definition) is 2. The van der Waals surface area contributed by atoms with Gasteiger partial charge in [-0.2, -0.15) is 0 Å². The molecular weight excluding hydrogens is 264 g/mol. The van der Waals surface area contributed by atoms with E-state index in [0.29, 0.717) is 10.6 Å². The molecule has 0 bridgehead atoms. The van der Waals surface area contributed by atoms with Crippen molar-refractivity contribution in [2.75, 3.05) is 0 Å². The molecule has 1 aromatic carbocycles. The van der Waals surface area contributed by atoms with Crippen molar-refractivity contribution in [1.29, 1.82) is 0 Å². The van der Waals surface area contributed by atoms with E-state index in [1.807, 2.05) is 37.4 Å². The van der Waals surface area contributed by atoms with Crippen LogP contribution < -0.4 is 0 Å². The minimum Gasteiger partial charge on any atom is -0.288 e. The van der Waals surface area contributed by atoms with Gasteiger partial charge in [-0.05, 0) is 60.5 Å². The van der Waals surface area contributed by atoms with E-state index in [1.54, 1.807) is 0 Å². The third-order valence-electron chi connectivity index (χ3n) is 3.16. The Morgan fingerprint density at radius 2 is 1.94 bits per heavy atom. The topological polar surface area (TPSA) is 17.1 Å². The van der Waals surface area contributed by atoms with Crippen LogP contribution in [0, 0.1) is 13.8 Å². The van der Waals surface area contributed by atoms with Gasteiger partial charge < -0.3 is 0 Å². The second-order valence-corrected chi connectivity index (χ2v) is 5.70. The van der Waals surface area contributed by atoms with Crippen LogP contribution in [0.4, 0.5) is 0 Å². The van der Waals surface area contributed by atoms with Crippen molar-refractivity contribution in [3.63, 3.8) is 0 Å². The maximum absolute atomic E-state index is 12.5. The fraction of sp³-hybridized carbons (Fsp3) is 0.267. The Balaban J connectivity index is 2.50. The molecule has 0 saturated carbocycles. The summed E-state index contributed by atoms with van der Waals surface area (Å²) in [6, 6.07) is 5.76. The van der Waals surface area contributed by atoms with Crippen molar-refractivity contribution in [2.24, 2.45) is 0 Å². The summed E-state index contributed by atoms with van der Waals surface area (Å²) in [5.41, 5.74) is 3.91. The lowest BCUT2D eigenvalue weighted by Crippen LogP contribution is -2.03. The van der Waals surface area contributed by atoms with Crippen molar-refractivity contribution in [1.82, 2.24) is 0 Å². The summed E-state index contributed by atoms with van der Waals surface area (Å²) in [5, 5.41) is 2.50. The standard InChI is InChI=1S/C15H15ClOS/c1-4-11-5-6-18-15(11)14(17)12-7-9(2)10(3)8-13(12)16/h5-8H,4H2,1-3H3. The van der Waals surface area contributed by atoms with Gasteiger partial charge in [0.2, 0.25) is 5.78 Å². The molecule has 0 fully saturated rings. The molecule has 0 aliphatic heterocycles. The molecule has 3 heteroatoms. The predicted octanol–water partition coefficient (Wildman–Crippen LogP) is 4.81. The van der Waals surface area contributed by atoms with Crippen LogP contribution in [0.15, 0.2) is 23.6 Å². The van der Waals surface area contributed by atoms with E-state index < -0.39 is 0 Å². The highest BCUT2D eigenvalue weighted by molar-refractivity contribution is 7.12. The lowest BCUT2D eigenvalue weighted by Gasteiger charge is -2.07. The van der Waals surface area contributed by atoms with Crippen molar-refractivity contribution >= 4 is 28.7 Å². The fourth-order valence-corrected chi connectivity index (χ4v) is 3.14. The minimum absolute atomic E-state index is 0.0370. The smallest absolute Gasteiger partial charge is 0.204 e. The average molecular weight is 279 g/mol. The van der Waals surface area contributed by atoms with Crippen LogP contribution in [0.1, 0.15) is 38.8 Å². The summed E-state index contributed by atoms with van der Waals surface area (Å²) >= 11 is 7.68. The zero-order valence-electron chi connectivity index (χ0n) is 10.7. The molecule has 0 atom stereocenters. The normalized spacial score (nSPS) is 10.7. The number of rotatable bonds is 3. The van der Waals surface area contributed by atoms with E-state index in [-0.39, 0.29) is 5.78 Å². The second-order valence-electron chi connectivity index (χ2n) is 4.37. The maximum atomic E-state index is 12.5. The first-order valence-corrected chi connectivity index (χ1v) is 7.18. The molecule has 0 radical (unpaired) electrons. The summed E-state index contributed by atoms with van der Waals surface area (Å²) in [6.07, 6.45) is 0.868. The van der Waals surface area contributed by atoms with Crippen LogP contribution in [0.2, 0.25) is 5.02 Å². The maximum Gasteiger partial charge on any atom is 0.204 e. The SMILES string of the molecule is CCc1ccsc1C(=O)c1cc(C)c(C)cc1Cl. The summed E-state index contributed by atoms with van der Waals surface area (Å²) in [5.74, 6) is 0.0370. The number of halogens is 1. The quantitative estimate of drug-likeness (QED) is 0.736. The van der Waals surface area contributed by atoms with Crippen molar-refractivity contribution in [2.45, 2.75) is 27.2 Å². The zero-order chi connectivity index (χ0) is 13.3. The summed E-state index contributed by atoms with van der Waals surface area (Å²) in [6.45, 7) is 6.05. The molecule has 0 amide bonds. The number of benzene rings is 1. The Bertz CT molecular complexity index is 599. The molecule has 0 N–H and O–H groups in total. The van der Waals surface area contributed by atoms with Crippen molar-refractivity contribution < 1.29 is 4.79 Å². The third-order valence-corrected chi connectivity index (χ3v) is 4.43. The highest BCUT2D eigenvalue weighted by atomic mass is 35.5. The van der Waals surface area contributed by atoms with E-state index in [2.05, 4.69) is 6.92 Å². The third kappa shape index (κ3) is 2.36. The molecule has 1 aromatic heterocycles. The van der Waals surface area contributed by atoms with Gasteiger partial charge >= 0.3 is 0 Å². The Hall–Kier alpha value is -1.12. The monoisotopic (exact) mass is 278 g/mol. The van der Waals surface area contributed by atoms with Gasteiger partial charge in [0.1, 0.15) is 0 Å². The number of thiophene rings is 1. The van der Waals surface area contributed by atoms with Crippen LogP contribution in [0.3, 0.4) is 0 Å². The van der Waals surface area contributed by atoms with Crippen molar-refractivity contribution in [3.05, 3.63) is 55.7 Å². The number of ketones is 1. The van der Waals surface area contributed by atoms with E-state index in [0.717, 1.165) is 28.0 Å². The molecule has 1 heterocycles. The van der Waals surface area contributed by atoms with E-state index in [1.165, 1.54) is 11.3 Å². The summed E-state index contributed by atoms with van der Waals surface area (Å²) in [4.78, 5) is 13.3. The van der Waals surface area contributed by atoms with Crippen molar-refractivity contribution in [3.8, 4) is 0 Å². The van der Waals surface area contributed by atoms with Gasteiger partial charge in [-0.15, -0.1) is 11.3 Å². The first kappa shape index (κ1) is 13.3. The zero-order valence-corrected chi connectivity index (χ0v) is 12.3. The molecule has 1 nitrogen and oxygen atoms in total. The van der Waals surface area contributed by atoms with Gasteiger partial charge in [0, 0.05) is 5.56 Å². The Labute approximate surface area is 116 Å². The molecule has 0 spiro atoms. The predicted molar refractivity (Wildman–Crippen MR) is 78.1 cm³/mol. The fourth-order valence-electron chi connectivity index (χ4n) is 1.89. The van der Waals surface area contributed by atoms with Gasteiger partial charge in [-0.25, -0.2) is 0 Å². The summed E-state index contributed by atoms with van der Waals surface area (Å²) in [7, 11) is 0. The van der Waals surface area contributed by atoms with Gasteiger partial charge in [-0.3, -0.25) is 4.79 Å². The highest BCUT2D eigenvalue weighted by Crippen LogP contribution is 2.27. The van der Waals surface area contributed by atoms with Gasteiger partial charge in [-0.1, -0.05) is 18.5 Å². The molecule has 0 saturated heterocycles. The van der Waals surface area contributed by atoms with Crippen LogP contribution in [0.25, 0.3) is 0 Å². The molecule has 94 valence electrons. The van der Waals surface area contributed by atoms with E-state index in [9.17, 15) is 4.79 Å². The van der Waals surface area contributed by atoms with Crippen LogP contribution >= 0.6 is 22.9 Å². The minimum atomic E-state index is 0.0370. The second kappa shape index (κ2) is 5.25. The highest BCUT2D eigenvalue weighted by Gasteiger charge is 2.17. The lowest BCUT2D eigenvalue weighted by molar-refractivity contribution is 0.104.